The molecule has 0 aliphatic heterocycles. The van der Waals surface area contributed by atoms with Crippen LogP contribution in [0.2, 0.25) is 0 Å². The van der Waals surface area contributed by atoms with Gasteiger partial charge in [-0.3, -0.25) is 5.43 Å². The molecule has 0 heterocycles. The summed E-state index contributed by atoms with van der Waals surface area (Å²) in [5.41, 5.74) is 12.0. The predicted octanol–water partition coefficient (Wildman–Crippen LogP) is 3.28. The van der Waals surface area contributed by atoms with E-state index >= 15 is 0 Å². The Hall–Kier alpha value is -1.16. The highest BCUT2D eigenvalue weighted by Crippen LogP contribution is 2.40. The van der Waals surface area contributed by atoms with E-state index in [0.717, 1.165) is 5.71 Å². The second-order valence-electron chi connectivity index (χ2n) is 5.49. The zero-order valence-corrected chi connectivity index (χ0v) is 12.5. The zero-order chi connectivity index (χ0) is 13.8. The Balaban J connectivity index is 2.82. The van der Waals surface area contributed by atoms with Crippen molar-refractivity contribution in [2.75, 3.05) is 0 Å². The Morgan fingerprint density at radius 1 is 1.50 bits per heavy atom. The predicted molar refractivity (Wildman–Crippen MR) is 82.5 cm³/mol. The fraction of sp³-hybridized carbons (Fsp3) is 0.571. The Morgan fingerprint density at radius 2 is 2.17 bits per heavy atom. The first-order valence-electron chi connectivity index (χ1n) is 6.31. The lowest BCUT2D eigenvalue weighted by Gasteiger charge is -2.32. The monoisotopic (exact) mass is 265 g/mol. The number of hydrogen-bond acceptors (Lipinski definition) is 2. The van der Waals surface area contributed by atoms with E-state index in [0.29, 0.717) is 0 Å². The number of hydrogen-bond donors (Lipinski definition) is 2. The molecule has 100 valence electrons. The first-order chi connectivity index (χ1) is 8.33. The first-order valence-corrected chi connectivity index (χ1v) is 6.72. The molecule has 0 aromatic rings. The molecule has 0 spiro atoms. The van der Waals surface area contributed by atoms with Gasteiger partial charge in [-0.25, -0.2) is 0 Å². The van der Waals surface area contributed by atoms with Gasteiger partial charge in [-0.15, -0.1) is 0 Å². The molecule has 1 aliphatic rings. The maximum atomic E-state index is 5.32. The summed E-state index contributed by atoms with van der Waals surface area (Å²) in [5, 5.41) is 4.26. The van der Waals surface area contributed by atoms with Crippen molar-refractivity contribution in [3.05, 3.63) is 23.3 Å². The number of nitrogens with zero attached hydrogens (tertiary/aromatic N) is 1. The summed E-state index contributed by atoms with van der Waals surface area (Å²) in [6.07, 6.45) is 7.91. The molecule has 1 rings (SSSR count). The fourth-order valence-electron chi connectivity index (χ4n) is 2.39. The van der Waals surface area contributed by atoms with Crippen LogP contribution in [-0.2, 0) is 0 Å². The van der Waals surface area contributed by atoms with Crippen molar-refractivity contribution < 1.29 is 0 Å². The van der Waals surface area contributed by atoms with Gasteiger partial charge in [0, 0.05) is 0 Å². The third-order valence-corrected chi connectivity index (χ3v) is 3.47. The van der Waals surface area contributed by atoms with Crippen molar-refractivity contribution in [3.63, 3.8) is 0 Å². The van der Waals surface area contributed by atoms with E-state index in [-0.39, 0.29) is 10.5 Å². The van der Waals surface area contributed by atoms with Crippen molar-refractivity contribution in [3.8, 4) is 0 Å². The van der Waals surface area contributed by atoms with Gasteiger partial charge in [-0.2, -0.15) is 5.10 Å². The van der Waals surface area contributed by atoms with Crippen molar-refractivity contribution >= 4 is 23.0 Å². The van der Waals surface area contributed by atoms with E-state index in [9.17, 15) is 0 Å². The molecule has 18 heavy (non-hydrogen) atoms. The summed E-state index contributed by atoms with van der Waals surface area (Å²) in [4.78, 5) is 0. The molecular weight excluding hydrogens is 242 g/mol. The number of hydrazone groups is 1. The third kappa shape index (κ3) is 4.26. The van der Waals surface area contributed by atoms with E-state index in [1.807, 2.05) is 13.0 Å². The van der Waals surface area contributed by atoms with Gasteiger partial charge in [0.05, 0.1) is 5.71 Å². The van der Waals surface area contributed by atoms with Crippen molar-refractivity contribution in [1.82, 2.24) is 5.43 Å². The van der Waals surface area contributed by atoms with E-state index in [1.165, 1.54) is 30.4 Å². The van der Waals surface area contributed by atoms with Crippen LogP contribution in [0.4, 0.5) is 0 Å². The van der Waals surface area contributed by atoms with Crippen LogP contribution in [0.1, 0.15) is 47.0 Å². The molecule has 1 aliphatic carbocycles. The van der Waals surface area contributed by atoms with E-state index < -0.39 is 0 Å². The highest BCUT2D eigenvalue weighted by Gasteiger charge is 2.26. The van der Waals surface area contributed by atoms with Gasteiger partial charge in [0.15, 0.2) is 5.11 Å². The molecule has 0 unspecified atom stereocenters. The minimum Gasteiger partial charge on any atom is -0.375 e. The largest absolute Gasteiger partial charge is 0.375 e. The summed E-state index contributed by atoms with van der Waals surface area (Å²) in [6.45, 7) is 8.75. The lowest BCUT2D eigenvalue weighted by Crippen LogP contribution is -2.24. The number of nitrogens with two attached hydrogens (primary N) is 1. The van der Waals surface area contributed by atoms with E-state index in [2.05, 4.69) is 37.4 Å². The normalized spacial score (nSPS) is 20.3. The molecule has 0 saturated heterocycles. The average Bonchev–Trinajstić information content (AvgIpc) is 2.24. The van der Waals surface area contributed by atoms with Gasteiger partial charge in [-0.05, 0) is 62.4 Å². The van der Waals surface area contributed by atoms with Gasteiger partial charge >= 0.3 is 0 Å². The molecule has 0 atom stereocenters. The topological polar surface area (TPSA) is 50.4 Å². The Kier molecular flexibility index (Phi) is 5.08. The molecule has 0 bridgehead atoms. The summed E-state index contributed by atoms with van der Waals surface area (Å²) in [6, 6.07) is 0. The van der Waals surface area contributed by atoms with E-state index in [1.54, 1.807) is 0 Å². The first kappa shape index (κ1) is 14.9. The number of allylic oxidation sites excluding steroid dienone is 4. The fourth-order valence-corrected chi connectivity index (χ4v) is 2.44. The second kappa shape index (κ2) is 6.14. The number of rotatable bonds is 3. The molecule has 0 amide bonds. The van der Waals surface area contributed by atoms with Gasteiger partial charge in [-0.1, -0.05) is 25.5 Å². The van der Waals surface area contributed by atoms with Crippen molar-refractivity contribution in [1.29, 1.82) is 0 Å². The van der Waals surface area contributed by atoms with Gasteiger partial charge in [0.25, 0.3) is 0 Å². The lowest BCUT2D eigenvalue weighted by atomic mass is 9.72. The van der Waals surface area contributed by atoms with Gasteiger partial charge < -0.3 is 5.73 Å². The Morgan fingerprint density at radius 3 is 2.72 bits per heavy atom. The second-order valence-corrected chi connectivity index (χ2v) is 5.93. The standard InChI is InChI=1S/C14H23N3S/c1-10-6-5-9-14(3,4)12(10)8-7-11(2)16-17-13(15)18/h7-8H,5-6,9H2,1-4H3,(H3,15,17,18)/b8-7-,16-11+. The third-order valence-electron chi connectivity index (χ3n) is 3.38. The minimum atomic E-state index is 0.191. The van der Waals surface area contributed by atoms with Crippen molar-refractivity contribution in [2.45, 2.75) is 47.0 Å². The smallest absolute Gasteiger partial charge is 0.184 e. The quantitative estimate of drug-likeness (QED) is 0.468. The van der Waals surface area contributed by atoms with Crippen LogP contribution in [0.25, 0.3) is 0 Å². The Labute approximate surface area is 115 Å². The number of nitrogens with one attached hydrogen (secondary N) is 1. The summed E-state index contributed by atoms with van der Waals surface area (Å²) in [5.74, 6) is 0. The maximum absolute atomic E-state index is 5.32. The molecular formula is C14H23N3S. The number of thiocarbonyl (C=S) groups is 1. The summed E-state index contributed by atoms with van der Waals surface area (Å²) in [7, 11) is 0. The zero-order valence-electron chi connectivity index (χ0n) is 11.7. The summed E-state index contributed by atoms with van der Waals surface area (Å²) < 4.78 is 0. The average molecular weight is 265 g/mol. The van der Waals surface area contributed by atoms with Crippen LogP contribution >= 0.6 is 12.2 Å². The van der Waals surface area contributed by atoms with Crippen LogP contribution in [0.15, 0.2) is 28.4 Å². The van der Waals surface area contributed by atoms with Crippen LogP contribution in [-0.4, -0.2) is 10.8 Å². The molecule has 4 heteroatoms. The van der Waals surface area contributed by atoms with Crippen LogP contribution < -0.4 is 11.2 Å². The highest BCUT2D eigenvalue weighted by molar-refractivity contribution is 7.80. The van der Waals surface area contributed by atoms with Crippen LogP contribution in [0.3, 0.4) is 0 Å². The molecule has 3 N–H and O–H groups in total. The lowest BCUT2D eigenvalue weighted by molar-refractivity contribution is 0.377. The molecule has 3 nitrogen and oxygen atoms in total. The van der Waals surface area contributed by atoms with E-state index in [4.69, 9.17) is 18.0 Å². The molecule has 0 saturated carbocycles. The minimum absolute atomic E-state index is 0.191. The molecule has 0 radical (unpaired) electrons. The molecule has 0 aromatic carbocycles. The van der Waals surface area contributed by atoms with Crippen molar-refractivity contribution in [2.24, 2.45) is 16.3 Å². The molecule has 0 fully saturated rings. The maximum Gasteiger partial charge on any atom is 0.184 e. The van der Waals surface area contributed by atoms with Gasteiger partial charge in [0.2, 0.25) is 0 Å². The SMILES string of the molecule is CC1=C(/C=C\C(C)=N\NC(N)=S)C(C)(C)CCC1. The molecule has 0 aromatic heterocycles. The van der Waals surface area contributed by atoms with Crippen LogP contribution in [0.5, 0.6) is 0 Å². The van der Waals surface area contributed by atoms with Gasteiger partial charge in [0.1, 0.15) is 0 Å². The van der Waals surface area contributed by atoms with Crippen LogP contribution in [0, 0.1) is 5.41 Å². The highest BCUT2D eigenvalue weighted by atomic mass is 32.1. The Bertz CT molecular complexity index is 417. The summed E-state index contributed by atoms with van der Waals surface area (Å²) >= 11 is 4.70.